The lowest BCUT2D eigenvalue weighted by atomic mass is 10.00. The van der Waals surface area contributed by atoms with Crippen LogP contribution in [0.25, 0.3) is 11.1 Å². The first-order valence-corrected chi connectivity index (χ1v) is 9.99. The monoisotopic (exact) mass is 397 g/mol. The van der Waals surface area contributed by atoms with Crippen molar-refractivity contribution in [3.63, 3.8) is 0 Å². The molecule has 3 aromatic carbocycles. The highest BCUT2D eigenvalue weighted by atomic mass is 19.1. The summed E-state index contributed by atoms with van der Waals surface area (Å²) in [6, 6.07) is 23.2. The van der Waals surface area contributed by atoms with E-state index in [9.17, 15) is 9.18 Å². The third-order valence-electron chi connectivity index (χ3n) is 5.53. The number of aryl methyl sites for hydroxylation is 2. The van der Waals surface area contributed by atoms with Crippen molar-refractivity contribution in [3.05, 3.63) is 113 Å². The number of ether oxygens (including phenoxy) is 1. The predicted octanol–water partition coefficient (Wildman–Crippen LogP) is 5.39. The number of allylic oxidation sites excluding steroid dienone is 1. The molecule has 1 N–H and O–H groups in total. The largest absolute Gasteiger partial charge is 0.488 e. The molecule has 0 atom stereocenters. The highest BCUT2D eigenvalue weighted by molar-refractivity contribution is 6.32. The maximum absolute atomic E-state index is 13.5. The number of fused-ring (bicyclic) bond motifs is 1. The van der Waals surface area contributed by atoms with Crippen molar-refractivity contribution >= 4 is 22.7 Å². The first-order chi connectivity index (χ1) is 14.7. The van der Waals surface area contributed by atoms with Crippen LogP contribution in [0.4, 0.5) is 10.1 Å². The number of amides is 1. The molecule has 2 aliphatic heterocycles. The Kier molecular flexibility index (Phi) is 4.68. The van der Waals surface area contributed by atoms with Gasteiger partial charge in [-0.2, -0.15) is 0 Å². The summed E-state index contributed by atoms with van der Waals surface area (Å²) in [5.41, 5.74) is 6.33. The molecule has 148 valence electrons. The maximum atomic E-state index is 13.5. The number of halogens is 1. The van der Waals surface area contributed by atoms with Gasteiger partial charge in [0, 0.05) is 11.1 Å². The Labute approximate surface area is 174 Å². The van der Waals surface area contributed by atoms with Crippen molar-refractivity contribution in [1.82, 2.24) is 0 Å². The van der Waals surface area contributed by atoms with Gasteiger partial charge in [-0.25, -0.2) is 4.39 Å². The third kappa shape index (κ3) is 3.52. The maximum Gasteiger partial charge on any atom is 0.260 e. The van der Waals surface area contributed by atoms with Crippen molar-refractivity contribution in [1.29, 1.82) is 0 Å². The summed E-state index contributed by atoms with van der Waals surface area (Å²) in [4.78, 5) is 12.4. The van der Waals surface area contributed by atoms with Crippen molar-refractivity contribution < 1.29 is 13.9 Å². The molecule has 0 radical (unpaired) electrons. The average molecular weight is 397 g/mol. The minimum absolute atomic E-state index is 0.264. The molecular formula is C26H20FNO2. The van der Waals surface area contributed by atoms with Crippen LogP contribution >= 0.6 is 0 Å². The zero-order valence-corrected chi connectivity index (χ0v) is 16.3. The number of carbonyl (C=O) groups excluding carboxylic acids is 1. The molecule has 5 rings (SSSR count). The van der Waals surface area contributed by atoms with E-state index in [0.29, 0.717) is 29.2 Å². The number of hydrogen-bond acceptors (Lipinski definition) is 2. The van der Waals surface area contributed by atoms with Crippen LogP contribution < -0.4 is 5.32 Å². The van der Waals surface area contributed by atoms with Crippen LogP contribution in [0.3, 0.4) is 0 Å². The number of benzene rings is 3. The smallest absolute Gasteiger partial charge is 0.260 e. The fraction of sp³-hybridized carbons (Fsp3) is 0.115. The molecule has 2 heterocycles. The Morgan fingerprint density at radius 3 is 2.40 bits per heavy atom. The lowest BCUT2D eigenvalue weighted by Gasteiger charge is -2.05. The zero-order valence-electron chi connectivity index (χ0n) is 16.3. The second-order valence-corrected chi connectivity index (χ2v) is 7.52. The lowest BCUT2D eigenvalue weighted by Crippen LogP contribution is -2.05. The summed E-state index contributed by atoms with van der Waals surface area (Å²) in [6.45, 7) is 0.409. The van der Waals surface area contributed by atoms with Gasteiger partial charge in [0.1, 0.15) is 18.2 Å². The Morgan fingerprint density at radius 1 is 0.900 bits per heavy atom. The highest BCUT2D eigenvalue weighted by Crippen LogP contribution is 2.38. The molecule has 4 heteroatoms. The predicted molar refractivity (Wildman–Crippen MR) is 116 cm³/mol. The van der Waals surface area contributed by atoms with Gasteiger partial charge in [-0.15, -0.1) is 0 Å². The van der Waals surface area contributed by atoms with Crippen LogP contribution in [0.5, 0.6) is 0 Å². The number of hydrogen-bond donors (Lipinski definition) is 1. The second-order valence-electron chi connectivity index (χ2n) is 7.52. The van der Waals surface area contributed by atoms with E-state index in [2.05, 4.69) is 53.8 Å². The minimum atomic E-state index is -0.378. The third-order valence-corrected chi connectivity index (χ3v) is 5.53. The van der Waals surface area contributed by atoms with E-state index in [-0.39, 0.29) is 11.7 Å². The van der Waals surface area contributed by atoms with E-state index in [0.717, 1.165) is 24.0 Å². The molecule has 0 bridgehead atoms. The molecule has 0 saturated heterocycles. The fourth-order valence-electron chi connectivity index (χ4n) is 3.92. The van der Waals surface area contributed by atoms with Crippen LogP contribution in [0.2, 0.25) is 0 Å². The Bertz CT molecular complexity index is 1180. The Hall–Kier alpha value is -3.66. The fourth-order valence-corrected chi connectivity index (χ4v) is 3.92. The standard InChI is InChI=1S/C26H20FNO2/c27-21-12-13-22-23(15-21)28-26(29)25(22)24-14-20(16-30-24)19-10-8-18(9-11-19)7-6-17-4-2-1-3-5-17/h1-5,8-15H,6-7,16H2,(H,28,29). The summed E-state index contributed by atoms with van der Waals surface area (Å²) in [5.74, 6) is -0.114. The van der Waals surface area contributed by atoms with E-state index < -0.39 is 0 Å². The minimum Gasteiger partial charge on any atom is -0.488 e. The van der Waals surface area contributed by atoms with E-state index in [1.807, 2.05) is 12.1 Å². The topological polar surface area (TPSA) is 38.3 Å². The summed E-state index contributed by atoms with van der Waals surface area (Å²) < 4.78 is 19.3. The number of rotatable bonds is 4. The summed E-state index contributed by atoms with van der Waals surface area (Å²) in [6.07, 6.45) is 3.91. The lowest BCUT2D eigenvalue weighted by molar-refractivity contribution is -0.110. The first-order valence-electron chi connectivity index (χ1n) is 9.99. The van der Waals surface area contributed by atoms with Crippen LogP contribution in [-0.2, 0) is 22.4 Å². The van der Waals surface area contributed by atoms with Gasteiger partial charge in [0.2, 0.25) is 0 Å². The Balaban J connectivity index is 1.36. The quantitative estimate of drug-likeness (QED) is 0.600. The number of carbonyl (C=O) groups is 1. The molecule has 0 saturated carbocycles. The number of anilines is 1. The van der Waals surface area contributed by atoms with E-state index >= 15 is 0 Å². The summed E-state index contributed by atoms with van der Waals surface area (Å²) in [7, 11) is 0. The Morgan fingerprint density at radius 2 is 1.63 bits per heavy atom. The van der Waals surface area contributed by atoms with Crippen molar-refractivity contribution in [2.24, 2.45) is 0 Å². The molecule has 0 unspecified atom stereocenters. The average Bonchev–Trinajstić information content (AvgIpc) is 3.36. The van der Waals surface area contributed by atoms with Crippen LogP contribution in [0, 0.1) is 5.82 Å². The van der Waals surface area contributed by atoms with Crippen LogP contribution in [0.1, 0.15) is 22.3 Å². The normalized spacial score (nSPS) is 17.4. The van der Waals surface area contributed by atoms with Gasteiger partial charge >= 0.3 is 0 Å². The van der Waals surface area contributed by atoms with Gasteiger partial charge in [0.15, 0.2) is 0 Å². The van der Waals surface area contributed by atoms with Crippen LogP contribution in [-0.4, -0.2) is 12.5 Å². The summed E-state index contributed by atoms with van der Waals surface area (Å²) >= 11 is 0. The van der Waals surface area contributed by atoms with E-state index in [1.54, 1.807) is 6.07 Å². The first kappa shape index (κ1) is 18.4. The molecule has 3 nitrogen and oxygen atoms in total. The molecule has 1 amide bonds. The summed E-state index contributed by atoms with van der Waals surface area (Å²) in [5, 5.41) is 2.71. The van der Waals surface area contributed by atoms with Crippen molar-refractivity contribution in [2.45, 2.75) is 12.8 Å². The van der Waals surface area contributed by atoms with Gasteiger partial charge in [-0.1, -0.05) is 54.6 Å². The zero-order chi connectivity index (χ0) is 20.5. The van der Waals surface area contributed by atoms with Gasteiger partial charge in [0.25, 0.3) is 5.91 Å². The van der Waals surface area contributed by atoms with Crippen molar-refractivity contribution in [2.75, 3.05) is 11.9 Å². The van der Waals surface area contributed by atoms with Gasteiger partial charge < -0.3 is 10.1 Å². The molecule has 0 aliphatic carbocycles. The van der Waals surface area contributed by atoms with Gasteiger partial charge in [-0.3, -0.25) is 4.79 Å². The van der Waals surface area contributed by atoms with Crippen molar-refractivity contribution in [3.8, 4) is 0 Å². The van der Waals surface area contributed by atoms with Gasteiger partial charge in [0.05, 0.1) is 11.3 Å². The molecule has 0 fully saturated rings. The SMILES string of the molecule is O=C1Nc2cc(F)ccc2C1=C1C=C(c2ccc(CCc3ccccc3)cc2)CO1. The number of nitrogens with one attached hydrogen (secondary N) is 1. The molecule has 3 aromatic rings. The molecule has 0 aromatic heterocycles. The van der Waals surface area contributed by atoms with E-state index in [4.69, 9.17) is 4.74 Å². The molecule has 2 aliphatic rings. The second kappa shape index (κ2) is 7.64. The van der Waals surface area contributed by atoms with Gasteiger partial charge in [-0.05, 0) is 53.8 Å². The molecule has 30 heavy (non-hydrogen) atoms. The molecular weight excluding hydrogens is 377 g/mol. The van der Waals surface area contributed by atoms with Crippen LogP contribution in [0.15, 0.2) is 84.6 Å². The highest BCUT2D eigenvalue weighted by Gasteiger charge is 2.30. The molecule has 0 spiro atoms. The van der Waals surface area contributed by atoms with E-state index in [1.165, 1.54) is 23.3 Å².